The van der Waals surface area contributed by atoms with Crippen LogP contribution in [-0.4, -0.2) is 59.8 Å². The second kappa shape index (κ2) is 6.86. The van der Waals surface area contributed by atoms with Crippen LogP contribution in [0.3, 0.4) is 0 Å². The van der Waals surface area contributed by atoms with Crippen LogP contribution in [0.25, 0.3) is 0 Å². The largest absolute Gasteiger partial charge is 0.375 e. The third kappa shape index (κ3) is 2.91. The molecule has 140 valence electrons. The van der Waals surface area contributed by atoms with Gasteiger partial charge in [0.2, 0.25) is 0 Å². The van der Waals surface area contributed by atoms with Gasteiger partial charge in [-0.25, -0.2) is 4.79 Å². The van der Waals surface area contributed by atoms with Crippen molar-refractivity contribution < 1.29 is 9.53 Å². The predicted molar refractivity (Wildman–Crippen MR) is 99.9 cm³/mol. The molecule has 0 aromatic heterocycles. The number of hydrogen-bond acceptors (Lipinski definition) is 3. The molecule has 1 aromatic rings. The molecule has 3 unspecified atom stereocenters. The van der Waals surface area contributed by atoms with E-state index in [9.17, 15) is 4.79 Å². The minimum absolute atomic E-state index is 0.187. The van der Waals surface area contributed by atoms with E-state index in [0.29, 0.717) is 24.3 Å². The molecule has 26 heavy (non-hydrogen) atoms. The number of rotatable bonds is 3. The number of nitrogens with one attached hydrogen (secondary N) is 1. The van der Waals surface area contributed by atoms with Gasteiger partial charge in [0.05, 0.1) is 18.2 Å². The lowest BCUT2D eigenvalue weighted by molar-refractivity contribution is -0.0258. The summed E-state index contributed by atoms with van der Waals surface area (Å²) in [5.41, 5.74) is 1.27. The molecule has 5 rings (SSSR count). The molecule has 2 bridgehead atoms. The first-order valence-corrected chi connectivity index (χ1v) is 10.3. The number of benzene rings is 1. The monoisotopic (exact) mass is 355 g/mol. The van der Waals surface area contributed by atoms with Gasteiger partial charge in [-0.3, -0.25) is 0 Å². The second-order valence-electron chi connectivity index (χ2n) is 8.33. The highest BCUT2D eigenvalue weighted by Gasteiger charge is 2.47. The van der Waals surface area contributed by atoms with E-state index in [1.165, 1.54) is 18.4 Å². The molecule has 3 atom stereocenters. The molecule has 4 fully saturated rings. The summed E-state index contributed by atoms with van der Waals surface area (Å²) in [5, 5.41) is 3.43. The highest BCUT2D eigenvalue weighted by Crippen LogP contribution is 2.40. The van der Waals surface area contributed by atoms with Crippen LogP contribution in [0.5, 0.6) is 0 Å². The topological polar surface area (TPSA) is 44.8 Å². The lowest BCUT2D eigenvalue weighted by Gasteiger charge is -2.37. The summed E-state index contributed by atoms with van der Waals surface area (Å²) >= 11 is 0. The zero-order valence-electron chi connectivity index (χ0n) is 15.3. The van der Waals surface area contributed by atoms with Crippen molar-refractivity contribution in [2.24, 2.45) is 0 Å². The van der Waals surface area contributed by atoms with Crippen LogP contribution in [0.15, 0.2) is 30.3 Å². The minimum atomic E-state index is 0.187. The Balaban J connectivity index is 1.42. The molecule has 0 spiro atoms. The summed E-state index contributed by atoms with van der Waals surface area (Å²) < 4.78 is 6.02. The van der Waals surface area contributed by atoms with Gasteiger partial charge in [-0.05, 0) is 57.2 Å². The molecule has 0 saturated carbocycles. The number of urea groups is 1. The van der Waals surface area contributed by atoms with Crippen LogP contribution in [0.1, 0.15) is 50.1 Å². The molecule has 4 saturated heterocycles. The maximum absolute atomic E-state index is 13.5. The van der Waals surface area contributed by atoms with E-state index in [2.05, 4.69) is 45.4 Å². The highest BCUT2D eigenvalue weighted by molar-refractivity contribution is 5.78. The molecule has 5 nitrogen and oxygen atoms in total. The quantitative estimate of drug-likeness (QED) is 0.907. The lowest BCUT2D eigenvalue weighted by Crippen LogP contribution is -2.48. The van der Waals surface area contributed by atoms with E-state index in [1.54, 1.807) is 0 Å². The van der Waals surface area contributed by atoms with Crippen LogP contribution in [0, 0.1) is 0 Å². The van der Waals surface area contributed by atoms with Crippen molar-refractivity contribution in [2.75, 3.05) is 19.6 Å². The lowest BCUT2D eigenvalue weighted by atomic mass is 9.99. The van der Waals surface area contributed by atoms with Crippen molar-refractivity contribution in [1.82, 2.24) is 15.1 Å². The van der Waals surface area contributed by atoms with Crippen LogP contribution in [-0.2, 0) is 4.74 Å². The number of fused-ring (bicyclic) bond motifs is 2. The van der Waals surface area contributed by atoms with Gasteiger partial charge in [0, 0.05) is 18.6 Å². The summed E-state index contributed by atoms with van der Waals surface area (Å²) in [6.07, 6.45) is 7.23. The Hall–Kier alpha value is -1.59. The van der Waals surface area contributed by atoms with Gasteiger partial charge in [0.1, 0.15) is 0 Å². The SMILES string of the molecule is O=C1N(C2CC3CCC(C2)O3)CC(c2ccccc2)N1C1CCNCC1. The van der Waals surface area contributed by atoms with Gasteiger partial charge in [0.15, 0.2) is 0 Å². The van der Waals surface area contributed by atoms with Gasteiger partial charge in [-0.1, -0.05) is 30.3 Å². The third-order valence-electron chi connectivity index (χ3n) is 6.76. The molecule has 1 N–H and O–H groups in total. The molecule has 4 aliphatic rings. The van der Waals surface area contributed by atoms with Crippen molar-refractivity contribution >= 4 is 6.03 Å². The zero-order chi connectivity index (χ0) is 17.5. The van der Waals surface area contributed by atoms with Crippen molar-refractivity contribution in [2.45, 2.75) is 68.9 Å². The van der Waals surface area contributed by atoms with Gasteiger partial charge in [-0.15, -0.1) is 0 Å². The summed E-state index contributed by atoms with van der Waals surface area (Å²) in [6.45, 7) is 2.85. The number of hydrogen-bond donors (Lipinski definition) is 1. The summed E-state index contributed by atoms with van der Waals surface area (Å²) in [5.74, 6) is 0. The number of nitrogens with zero attached hydrogens (tertiary/aromatic N) is 2. The summed E-state index contributed by atoms with van der Waals surface area (Å²) in [4.78, 5) is 17.9. The Bertz CT molecular complexity index is 634. The van der Waals surface area contributed by atoms with Gasteiger partial charge >= 0.3 is 6.03 Å². The minimum Gasteiger partial charge on any atom is -0.375 e. The molecule has 0 radical (unpaired) electrons. The van der Waals surface area contributed by atoms with Gasteiger partial charge < -0.3 is 19.9 Å². The summed E-state index contributed by atoms with van der Waals surface area (Å²) in [6, 6.07) is 11.8. The standard InChI is InChI=1S/C21H29N3O2/c25-21-23(17-12-18-6-7-19(13-17)26-18)14-20(15-4-2-1-3-5-15)24(21)16-8-10-22-11-9-16/h1-5,16-20,22H,6-14H2. The number of carbonyl (C=O) groups is 1. The molecule has 4 heterocycles. The van der Waals surface area contributed by atoms with E-state index in [0.717, 1.165) is 45.3 Å². The average molecular weight is 355 g/mol. The Labute approximate surface area is 155 Å². The Morgan fingerprint density at radius 3 is 2.31 bits per heavy atom. The fraction of sp³-hybridized carbons (Fsp3) is 0.667. The second-order valence-corrected chi connectivity index (χ2v) is 8.33. The maximum Gasteiger partial charge on any atom is 0.321 e. The number of ether oxygens (including phenoxy) is 1. The van der Waals surface area contributed by atoms with E-state index in [4.69, 9.17) is 4.74 Å². The van der Waals surface area contributed by atoms with Crippen molar-refractivity contribution in [3.8, 4) is 0 Å². The molecule has 0 aliphatic carbocycles. The molecule has 2 amide bonds. The highest BCUT2D eigenvalue weighted by atomic mass is 16.5. The first-order chi connectivity index (χ1) is 12.8. The Morgan fingerprint density at radius 2 is 1.62 bits per heavy atom. The van der Waals surface area contributed by atoms with E-state index in [-0.39, 0.29) is 12.1 Å². The fourth-order valence-electron chi connectivity index (χ4n) is 5.46. The number of amides is 2. The summed E-state index contributed by atoms with van der Waals surface area (Å²) in [7, 11) is 0. The number of piperidine rings is 1. The first kappa shape index (κ1) is 16.6. The van der Waals surface area contributed by atoms with Crippen molar-refractivity contribution in [1.29, 1.82) is 0 Å². The zero-order valence-corrected chi connectivity index (χ0v) is 15.3. The molecular formula is C21H29N3O2. The normalized spacial score (nSPS) is 35.3. The van der Waals surface area contributed by atoms with E-state index < -0.39 is 0 Å². The average Bonchev–Trinajstić information content (AvgIpc) is 3.22. The van der Waals surface area contributed by atoms with Crippen LogP contribution >= 0.6 is 0 Å². The maximum atomic E-state index is 13.5. The Kier molecular flexibility index (Phi) is 4.37. The van der Waals surface area contributed by atoms with Crippen LogP contribution in [0.4, 0.5) is 4.79 Å². The smallest absolute Gasteiger partial charge is 0.321 e. The molecular weight excluding hydrogens is 326 g/mol. The van der Waals surface area contributed by atoms with Crippen molar-refractivity contribution in [3.05, 3.63) is 35.9 Å². The van der Waals surface area contributed by atoms with Crippen LogP contribution < -0.4 is 5.32 Å². The van der Waals surface area contributed by atoms with E-state index in [1.807, 2.05) is 0 Å². The van der Waals surface area contributed by atoms with Gasteiger partial charge in [0.25, 0.3) is 0 Å². The van der Waals surface area contributed by atoms with Crippen molar-refractivity contribution in [3.63, 3.8) is 0 Å². The van der Waals surface area contributed by atoms with E-state index >= 15 is 0 Å². The molecule has 4 aliphatic heterocycles. The molecule has 5 heteroatoms. The number of carbonyl (C=O) groups excluding carboxylic acids is 1. The Morgan fingerprint density at radius 1 is 0.923 bits per heavy atom. The molecule has 1 aromatic carbocycles. The fourth-order valence-corrected chi connectivity index (χ4v) is 5.46. The van der Waals surface area contributed by atoms with Crippen LogP contribution in [0.2, 0.25) is 0 Å². The predicted octanol–water partition coefficient (Wildman–Crippen LogP) is 2.93. The third-order valence-corrected chi connectivity index (χ3v) is 6.76. The van der Waals surface area contributed by atoms with Gasteiger partial charge in [-0.2, -0.15) is 0 Å². The first-order valence-electron chi connectivity index (χ1n) is 10.3.